The molecule has 1 amide bonds. The summed E-state index contributed by atoms with van der Waals surface area (Å²) in [7, 11) is 1.62. The van der Waals surface area contributed by atoms with E-state index < -0.39 is 0 Å². The van der Waals surface area contributed by atoms with E-state index in [1.165, 1.54) is 4.57 Å². The van der Waals surface area contributed by atoms with Crippen LogP contribution < -0.4 is 10.9 Å². The smallest absolute Gasteiger partial charge is 0.262 e. The number of H-pyrrole nitrogens is 1. The molecule has 4 aromatic rings. The van der Waals surface area contributed by atoms with Crippen LogP contribution in [-0.4, -0.2) is 34.2 Å². The van der Waals surface area contributed by atoms with Crippen molar-refractivity contribution in [2.45, 2.75) is 19.9 Å². The fraction of sp³-hybridized carbons (Fsp3) is 0.217. The van der Waals surface area contributed by atoms with Gasteiger partial charge in [-0.1, -0.05) is 12.1 Å². The van der Waals surface area contributed by atoms with Crippen molar-refractivity contribution in [1.82, 2.24) is 14.5 Å². The van der Waals surface area contributed by atoms with Gasteiger partial charge in [0.1, 0.15) is 0 Å². The van der Waals surface area contributed by atoms with Crippen molar-refractivity contribution in [1.29, 1.82) is 0 Å². The van der Waals surface area contributed by atoms with Gasteiger partial charge >= 0.3 is 0 Å². The van der Waals surface area contributed by atoms with E-state index in [-0.39, 0.29) is 11.5 Å². The average molecular weight is 467 g/mol. The molecular weight excluding hydrogens is 444 g/mol. The standard InChI is InChI=1S/C23H22N4O3S2/c1-14-24-20(13-32-14)15-4-7-17(8-5-15)25-21(28)16-6-9-18-19(12-16)26-23(31)27(22(18)29)10-3-11-30-2/h4-9,12-13H,3,10-11H2,1-2H3,(H,25,28)(H,26,31). The normalized spacial score (nSPS) is 11.1. The summed E-state index contributed by atoms with van der Waals surface area (Å²) >= 11 is 6.95. The van der Waals surface area contributed by atoms with Crippen molar-refractivity contribution in [3.05, 3.63) is 73.5 Å². The zero-order valence-electron chi connectivity index (χ0n) is 17.7. The van der Waals surface area contributed by atoms with E-state index in [0.29, 0.717) is 46.5 Å². The van der Waals surface area contributed by atoms with Crippen LogP contribution in [0.25, 0.3) is 22.2 Å². The molecule has 32 heavy (non-hydrogen) atoms. The molecule has 2 aromatic carbocycles. The predicted octanol–water partition coefficient (Wildman–Crippen LogP) is 4.78. The first-order chi connectivity index (χ1) is 15.5. The van der Waals surface area contributed by atoms with Crippen molar-refractivity contribution in [3.63, 3.8) is 0 Å². The summed E-state index contributed by atoms with van der Waals surface area (Å²) in [6, 6.07) is 12.5. The first kappa shape index (κ1) is 22.1. The molecule has 0 saturated carbocycles. The molecule has 2 aromatic heterocycles. The number of carbonyl (C=O) groups excluding carboxylic acids is 1. The summed E-state index contributed by atoms with van der Waals surface area (Å²) < 4.78 is 6.88. The van der Waals surface area contributed by atoms with Gasteiger partial charge in [0.25, 0.3) is 11.5 Å². The highest BCUT2D eigenvalue weighted by Gasteiger charge is 2.11. The number of rotatable bonds is 7. The molecular formula is C23H22N4O3S2. The molecule has 0 bridgehead atoms. The summed E-state index contributed by atoms with van der Waals surface area (Å²) in [5, 5.41) is 6.39. The fourth-order valence-corrected chi connectivity index (χ4v) is 4.30. The third-order valence-electron chi connectivity index (χ3n) is 5.03. The highest BCUT2D eigenvalue weighted by atomic mass is 32.1. The molecule has 2 heterocycles. The number of nitrogens with zero attached hydrogens (tertiary/aromatic N) is 2. The van der Waals surface area contributed by atoms with Crippen molar-refractivity contribution in [2.24, 2.45) is 0 Å². The molecule has 0 aliphatic rings. The van der Waals surface area contributed by atoms with E-state index in [0.717, 1.165) is 16.3 Å². The van der Waals surface area contributed by atoms with E-state index in [1.54, 1.807) is 36.6 Å². The van der Waals surface area contributed by atoms with Crippen LogP contribution in [0.2, 0.25) is 0 Å². The van der Waals surface area contributed by atoms with Crippen LogP contribution in [0.4, 0.5) is 5.69 Å². The summed E-state index contributed by atoms with van der Waals surface area (Å²) in [6.07, 6.45) is 0.681. The van der Waals surface area contributed by atoms with Gasteiger partial charge < -0.3 is 15.0 Å². The van der Waals surface area contributed by atoms with Gasteiger partial charge in [-0.2, -0.15) is 0 Å². The molecule has 9 heteroatoms. The quantitative estimate of drug-likeness (QED) is 0.302. The maximum atomic E-state index is 12.8. The lowest BCUT2D eigenvalue weighted by molar-refractivity contribution is 0.102. The fourth-order valence-electron chi connectivity index (χ4n) is 3.39. The van der Waals surface area contributed by atoms with E-state index in [2.05, 4.69) is 15.3 Å². The second-order valence-corrected chi connectivity index (χ2v) is 8.73. The van der Waals surface area contributed by atoms with Gasteiger partial charge in [-0.3, -0.25) is 14.2 Å². The Morgan fingerprint density at radius 2 is 2.03 bits per heavy atom. The van der Waals surface area contributed by atoms with Crippen LogP contribution in [0, 0.1) is 11.7 Å². The van der Waals surface area contributed by atoms with Crippen molar-refractivity contribution >= 4 is 46.1 Å². The first-order valence-electron chi connectivity index (χ1n) is 10.1. The summed E-state index contributed by atoms with van der Waals surface area (Å²) in [5.74, 6) is -0.271. The third-order valence-corrected chi connectivity index (χ3v) is 6.13. The van der Waals surface area contributed by atoms with Crippen LogP contribution in [0.15, 0.2) is 52.6 Å². The van der Waals surface area contributed by atoms with Crippen LogP contribution in [-0.2, 0) is 11.3 Å². The number of nitrogens with one attached hydrogen (secondary N) is 2. The number of hydrogen-bond donors (Lipinski definition) is 2. The molecule has 2 N–H and O–H groups in total. The van der Waals surface area contributed by atoms with Crippen LogP contribution in [0.1, 0.15) is 21.8 Å². The van der Waals surface area contributed by atoms with Crippen LogP contribution in [0.5, 0.6) is 0 Å². The second-order valence-electron chi connectivity index (χ2n) is 7.28. The highest BCUT2D eigenvalue weighted by Crippen LogP contribution is 2.23. The topological polar surface area (TPSA) is 89.0 Å². The minimum absolute atomic E-state index is 0.181. The minimum Gasteiger partial charge on any atom is -0.385 e. The Labute approximate surface area is 193 Å². The van der Waals surface area contributed by atoms with Crippen LogP contribution >= 0.6 is 23.6 Å². The Morgan fingerprint density at radius 1 is 1.25 bits per heavy atom. The summed E-state index contributed by atoms with van der Waals surface area (Å²) in [6.45, 7) is 2.98. The number of ether oxygens (including phenoxy) is 1. The number of aryl methyl sites for hydroxylation is 1. The SMILES string of the molecule is COCCCn1c(=S)[nH]c2cc(C(=O)Nc3ccc(-c4csc(C)n4)cc3)ccc2c1=O. The van der Waals surface area contributed by atoms with E-state index in [9.17, 15) is 9.59 Å². The third kappa shape index (κ3) is 4.69. The van der Waals surface area contributed by atoms with Gasteiger partial charge in [0, 0.05) is 42.5 Å². The summed E-state index contributed by atoms with van der Waals surface area (Å²) in [5.41, 5.74) is 3.37. The number of carbonyl (C=O) groups is 1. The zero-order chi connectivity index (χ0) is 22.7. The molecule has 0 spiro atoms. The first-order valence-corrected chi connectivity index (χ1v) is 11.3. The molecule has 0 aliphatic heterocycles. The van der Waals surface area contributed by atoms with Crippen molar-refractivity contribution in [3.8, 4) is 11.3 Å². The molecule has 0 radical (unpaired) electrons. The number of benzene rings is 2. The lowest BCUT2D eigenvalue weighted by Crippen LogP contribution is -2.23. The zero-order valence-corrected chi connectivity index (χ0v) is 19.3. The maximum Gasteiger partial charge on any atom is 0.262 e. The lowest BCUT2D eigenvalue weighted by atomic mass is 10.1. The van der Waals surface area contributed by atoms with E-state index >= 15 is 0 Å². The molecule has 0 atom stereocenters. The molecule has 0 fully saturated rings. The van der Waals surface area contributed by atoms with Gasteiger partial charge in [0.05, 0.1) is 21.6 Å². The van der Waals surface area contributed by atoms with Gasteiger partial charge in [-0.25, -0.2) is 4.98 Å². The Balaban J connectivity index is 1.54. The van der Waals surface area contributed by atoms with E-state index in [4.69, 9.17) is 17.0 Å². The van der Waals surface area contributed by atoms with Gasteiger partial charge in [-0.15, -0.1) is 11.3 Å². The van der Waals surface area contributed by atoms with Crippen molar-refractivity contribution < 1.29 is 9.53 Å². The molecule has 7 nitrogen and oxygen atoms in total. The molecule has 0 unspecified atom stereocenters. The number of fused-ring (bicyclic) bond motifs is 1. The molecule has 164 valence electrons. The molecule has 4 rings (SSSR count). The van der Waals surface area contributed by atoms with Crippen LogP contribution in [0.3, 0.4) is 0 Å². The Hall–Kier alpha value is -3.14. The number of anilines is 1. The Kier molecular flexibility index (Phi) is 6.59. The molecule has 0 aliphatic carbocycles. The van der Waals surface area contributed by atoms with E-state index in [1.807, 2.05) is 36.6 Å². The highest BCUT2D eigenvalue weighted by molar-refractivity contribution is 7.71. The number of thiazole rings is 1. The largest absolute Gasteiger partial charge is 0.385 e. The predicted molar refractivity (Wildman–Crippen MR) is 130 cm³/mol. The summed E-state index contributed by atoms with van der Waals surface area (Å²) in [4.78, 5) is 33.1. The number of amides is 1. The Morgan fingerprint density at radius 3 is 2.72 bits per heavy atom. The van der Waals surface area contributed by atoms with Gasteiger partial charge in [0.15, 0.2) is 4.77 Å². The molecule has 0 saturated heterocycles. The Bertz CT molecular complexity index is 1390. The monoisotopic (exact) mass is 466 g/mol. The minimum atomic E-state index is -0.271. The lowest BCUT2D eigenvalue weighted by Gasteiger charge is -2.10. The van der Waals surface area contributed by atoms with Crippen molar-refractivity contribution in [2.75, 3.05) is 19.0 Å². The number of methoxy groups -OCH3 is 1. The van der Waals surface area contributed by atoms with Gasteiger partial charge in [0.2, 0.25) is 0 Å². The van der Waals surface area contributed by atoms with Gasteiger partial charge in [-0.05, 0) is 55.9 Å². The average Bonchev–Trinajstić information content (AvgIpc) is 3.22. The maximum absolute atomic E-state index is 12.8. The second kappa shape index (κ2) is 9.56. The number of hydrogen-bond acceptors (Lipinski definition) is 6. The number of aromatic nitrogens is 3. The number of aromatic amines is 1.